The van der Waals surface area contributed by atoms with Crippen LogP contribution in [-0.4, -0.2) is 12.5 Å². The zero-order chi connectivity index (χ0) is 11.0. The number of amides is 1. The van der Waals surface area contributed by atoms with Crippen LogP contribution in [0.3, 0.4) is 0 Å². The van der Waals surface area contributed by atoms with Gasteiger partial charge in [0.1, 0.15) is 0 Å². The van der Waals surface area contributed by atoms with Crippen LogP contribution in [-0.2, 0) is 4.79 Å². The lowest BCUT2D eigenvalue weighted by molar-refractivity contribution is -0.118. The molecule has 1 heterocycles. The molecule has 0 saturated heterocycles. The van der Waals surface area contributed by atoms with Crippen molar-refractivity contribution in [3.8, 4) is 0 Å². The van der Waals surface area contributed by atoms with Crippen molar-refractivity contribution in [2.75, 3.05) is 17.2 Å². The molecule has 1 amide bonds. The molecule has 0 saturated carbocycles. The smallest absolute Gasteiger partial charge is 0.229 e. The fourth-order valence-electron chi connectivity index (χ4n) is 1.88. The maximum absolute atomic E-state index is 11.7. The van der Waals surface area contributed by atoms with Gasteiger partial charge in [0.05, 0.1) is 17.3 Å². The van der Waals surface area contributed by atoms with Crippen LogP contribution in [0.25, 0.3) is 0 Å². The lowest BCUT2D eigenvalue weighted by Gasteiger charge is -2.11. The second-order valence-electron chi connectivity index (χ2n) is 4.28. The van der Waals surface area contributed by atoms with Gasteiger partial charge in [0.15, 0.2) is 0 Å². The number of rotatable bonds is 0. The second kappa shape index (κ2) is 3.57. The van der Waals surface area contributed by atoms with E-state index in [9.17, 15) is 4.79 Å². The van der Waals surface area contributed by atoms with Crippen LogP contribution in [0.4, 0.5) is 11.4 Å². The molecular weight excluding hydrogens is 188 g/mol. The van der Waals surface area contributed by atoms with Gasteiger partial charge in [-0.2, -0.15) is 0 Å². The van der Waals surface area contributed by atoms with Crippen molar-refractivity contribution in [3.05, 3.63) is 23.3 Å². The molecule has 1 aromatic carbocycles. The van der Waals surface area contributed by atoms with E-state index in [1.54, 1.807) is 0 Å². The Morgan fingerprint density at radius 3 is 2.80 bits per heavy atom. The quantitative estimate of drug-likeness (QED) is 0.681. The summed E-state index contributed by atoms with van der Waals surface area (Å²) in [4.78, 5) is 11.7. The molecule has 0 bridgehead atoms. The number of nitrogens with one attached hydrogen (secondary N) is 2. The fraction of sp³-hybridized carbons (Fsp3) is 0.417. The summed E-state index contributed by atoms with van der Waals surface area (Å²) in [6, 6.07) is 4.15. The van der Waals surface area contributed by atoms with Crippen LogP contribution in [0.15, 0.2) is 12.1 Å². The molecule has 15 heavy (non-hydrogen) atoms. The minimum atomic E-state index is 0.0112. The van der Waals surface area contributed by atoms with Gasteiger partial charge in [-0.05, 0) is 31.0 Å². The first-order chi connectivity index (χ1) is 7.08. The predicted octanol–water partition coefficient (Wildman–Crippen LogP) is 2.30. The van der Waals surface area contributed by atoms with Crippen molar-refractivity contribution >= 4 is 17.3 Å². The summed E-state index contributed by atoms with van der Waals surface area (Å²) in [7, 11) is 0. The average molecular weight is 204 g/mol. The van der Waals surface area contributed by atoms with Gasteiger partial charge in [0.2, 0.25) is 5.91 Å². The maximum Gasteiger partial charge on any atom is 0.229 e. The van der Waals surface area contributed by atoms with Crippen LogP contribution in [0, 0.1) is 19.8 Å². The molecule has 0 fully saturated rings. The Balaban J connectivity index is 2.47. The zero-order valence-electron chi connectivity index (χ0n) is 9.35. The molecular formula is C12H16N2O. The summed E-state index contributed by atoms with van der Waals surface area (Å²) in [6.07, 6.45) is 0. The SMILES string of the molecule is Cc1cc(C)c2c(c1)NCC(C)C(=O)N2. The van der Waals surface area contributed by atoms with Crippen molar-refractivity contribution in [1.82, 2.24) is 0 Å². The molecule has 0 aromatic heterocycles. The minimum Gasteiger partial charge on any atom is -0.383 e. The van der Waals surface area contributed by atoms with Gasteiger partial charge in [-0.3, -0.25) is 4.79 Å². The molecule has 0 radical (unpaired) electrons. The van der Waals surface area contributed by atoms with Crippen LogP contribution < -0.4 is 10.6 Å². The zero-order valence-corrected chi connectivity index (χ0v) is 9.35. The Hall–Kier alpha value is -1.51. The fourth-order valence-corrected chi connectivity index (χ4v) is 1.88. The third kappa shape index (κ3) is 1.82. The Labute approximate surface area is 89.9 Å². The number of carbonyl (C=O) groups excluding carboxylic acids is 1. The van der Waals surface area contributed by atoms with Crippen molar-refractivity contribution in [1.29, 1.82) is 0 Å². The molecule has 1 aromatic rings. The monoisotopic (exact) mass is 204 g/mol. The molecule has 0 spiro atoms. The maximum atomic E-state index is 11.7. The number of fused-ring (bicyclic) bond motifs is 1. The van der Waals surface area contributed by atoms with Crippen LogP contribution >= 0.6 is 0 Å². The number of hydrogen-bond acceptors (Lipinski definition) is 2. The first-order valence-electron chi connectivity index (χ1n) is 5.24. The van der Waals surface area contributed by atoms with Crippen LogP contribution in [0.5, 0.6) is 0 Å². The van der Waals surface area contributed by atoms with E-state index in [1.807, 2.05) is 13.8 Å². The first kappa shape index (κ1) is 10.0. The molecule has 80 valence electrons. The lowest BCUT2D eigenvalue weighted by atomic mass is 10.1. The van der Waals surface area contributed by atoms with Crippen LogP contribution in [0.1, 0.15) is 18.1 Å². The van der Waals surface area contributed by atoms with E-state index in [2.05, 4.69) is 29.7 Å². The third-order valence-electron chi connectivity index (χ3n) is 2.77. The Morgan fingerprint density at radius 2 is 2.07 bits per heavy atom. The molecule has 1 atom stereocenters. The number of hydrogen-bond donors (Lipinski definition) is 2. The molecule has 3 heteroatoms. The highest BCUT2D eigenvalue weighted by atomic mass is 16.1. The van der Waals surface area contributed by atoms with Gasteiger partial charge >= 0.3 is 0 Å². The topological polar surface area (TPSA) is 41.1 Å². The van der Waals surface area contributed by atoms with Gasteiger partial charge in [-0.1, -0.05) is 13.0 Å². The van der Waals surface area contributed by atoms with Crippen LogP contribution in [0.2, 0.25) is 0 Å². The minimum absolute atomic E-state index is 0.0112. The van der Waals surface area contributed by atoms with E-state index in [0.717, 1.165) is 16.9 Å². The van der Waals surface area contributed by atoms with Gasteiger partial charge in [-0.25, -0.2) is 0 Å². The average Bonchev–Trinajstić information content (AvgIpc) is 2.30. The van der Waals surface area contributed by atoms with E-state index in [1.165, 1.54) is 5.56 Å². The van der Waals surface area contributed by atoms with Crippen molar-refractivity contribution in [3.63, 3.8) is 0 Å². The summed E-state index contributed by atoms with van der Waals surface area (Å²) in [5, 5.41) is 6.27. The standard InChI is InChI=1S/C12H16N2O/c1-7-4-8(2)11-10(5-7)13-6-9(3)12(15)14-11/h4-5,9,13H,6H2,1-3H3,(H,14,15). The largest absolute Gasteiger partial charge is 0.383 e. The second-order valence-corrected chi connectivity index (χ2v) is 4.28. The van der Waals surface area contributed by atoms with Crippen molar-refractivity contribution in [2.45, 2.75) is 20.8 Å². The predicted molar refractivity (Wildman–Crippen MR) is 62.2 cm³/mol. The summed E-state index contributed by atoms with van der Waals surface area (Å²) in [5.74, 6) is 0.102. The number of benzene rings is 1. The molecule has 2 N–H and O–H groups in total. The molecule has 3 nitrogen and oxygen atoms in total. The van der Waals surface area contributed by atoms with E-state index < -0.39 is 0 Å². The molecule has 2 rings (SSSR count). The highest BCUT2D eigenvalue weighted by Crippen LogP contribution is 2.30. The molecule has 1 unspecified atom stereocenters. The van der Waals surface area contributed by atoms with E-state index >= 15 is 0 Å². The van der Waals surface area contributed by atoms with Gasteiger partial charge in [-0.15, -0.1) is 0 Å². The Kier molecular flexibility index (Phi) is 2.39. The molecule has 1 aliphatic heterocycles. The van der Waals surface area contributed by atoms with Gasteiger partial charge < -0.3 is 10.6 Å². The summed E-state index contributed by atoms with van der Waals surface area (Å²) >= 11 is 0. The Morgan fingerprint density at radius 1 is 1.33 bits per heavy atom. The molecule has 1 aliphatic rings. The normalized spacial score (nSPS) is 19.9. The van der Waals surface area contributed by atoms with Crippen molar-refractivity contribution < 1.29 is 4.79 Å². The van der Waals surface area contributed by atoms with E-state index in [4.69, 9.17) is 0 Å². The lowest BCUT2D eigenvalue weighted by Crippen LogP contribution is -2.22. The molecule has 0 aliphatic carbocycles. The Bertz CT molecular complexity index is 412. The van der Waals surface area contributed by atoms with Gasteiger partial charge in [0, 0.05) is 6.54 Å². The number of carbonyl (C=O) groups is 1. The van der Waals surface area contributed by atoms with E-state index in [0.29, 0.717) is 6.54 Å². The highest BCUT2D eigenvalue weighted by Gasteiger charge is 2.20. The summed E-state index contributed by atoms with van der Waals surface area (Å²) in [6.45, 7) is 6.70. The number of aryl methyl sites for hydroxylation is 2. The van der Waals surface area contributed by atoms with E-state index in [-0.39, 0.29) is 11.8 Å². The van der Waals surface area contributed by atoms with Gasteiger partial charge in [0.25, 0.3) is 0 Å². The highest BCUT2D eigenvalue weighted by molar-refractivity contribution is 5.98. The number of anilines is 2. The summed E-state index contributed by atoms with van der Waals surface area (Å²) in [5.41, 5.74) is 4.28. The third-order valence-corrected chi connectivity index (χ3v) is 2.77. The first-order valence-corrected chi connectivity index (χ1v) is 5.24. The summed E-state index contributed by atoms with van der Waals surface area (Å²) < 4.78 is 0. The van der Waals surface area contributed by atoms with Crippen molar-refractivity contribution in [2.24, 2.45) is 5.92 Å².